The number of pyridine rings is 2. The van der Waals surface area contributed by atoms with E-state index in [1.807, 2.05) is 6.07 Å². The van der Waals surface area contributed by atoms with Crippen molar-refractivity contribution in [3.05, 3.63) is 70.1 Å². The first-order chi connectivity index (χ1) is 11.5. The molecule has 0 atom stereocenters. The molecule has 120 valence electrons. The van der Waals surface area contributed by atoms with Crippen LogP contribution in [-0.2, 0) is 0 Å². The molecule has 3 N–H and O–H groups in total. The van der Waals surface area contributed by atoms with E-state index in [4.69, 9.17) is 16.7 Å². The van der Waals surface area contributed by atoms with Gasteiger partial charge in [0, 0.05) is 22.8 Å². The summed E-state index contributed by atoms with van der Waals surface area (Å²) in [6.45, 7) is 0. The average Bonchev–Trinajstić information content (AvgIpc) is 2.54. The molecule has 2 aromatic heterocycles. The number of anilines is 1. The van der Waals surface area contributed by atoms with Crippen LogP contribution in [0.15, 0.2) is 59.5 Å². The molecular weight excluding hydrogens is 330 g/mol. The third-order valence-electron chi connectivity index (χ3n) is 3.34. The van der Waals surface area contributed by atoms with Gasteiger partial charge in [-0.05, 0) is 35.4 Å². The van der Waals surface area contributed by atoms with Crippen LogP contribution in [0.3, 0.4) is 0 Å². The Bertz CT molecular complexity index is 969. The predicted octanol–water partition coefficient (Wildman–Crippen LogP) is 3.85. The second-order valence-corrected chi connectivity index (χ2v) is 5.39. The standard InChI is InChI=1S/C17H12ClN3O3/c18-13-4-2-1-3-12(13)14-7-11(9-16(22)20-14)10-5-6-19-15(8-10)21-17(23)24/h1-9H,(H,19,21)(H,20,22)(H,23,24). The van der Waals surface area contributed by atoms with Crippen molar-refractivity contribution in [3.63, 3.8) is 0 Å². The predicted molar refractivity (Wildman–Crippen MR) is 92.4 cm³/mol. The highest BCUT2D eigenvalue weighted by atomic mass is 35.5. The van der Waals surface area contributed by atoms with Crippen molar-refractivity contribution in [2.24, 2.45) is 0 Å². The number of nitrogens with one attached hydrogen (secondary N) is 2. The van der Waals surface area contributed by atoms with E-state index >= 15 is 0 Å². The molecule has 0 saturated heterocycles. The van der Waals surface area contributed by atoms with Crippen molar-refractivity contribution in [1.82, 2.24) is 9.97 Å². The molecule has 0 aliphatic carbocycles. The summed E-state index contributed by atoms with van der Waals surface area (Å²) in [5.74, 6) is 0.180. The van der Waals surface area contributed by atoms with Crippen LogP contribution in [0.1, 0.15) is 0 Å². The minimum atomic E-state index is -1.21. The van der Waals surface area contributed by atoms with E-state index in [-0.39, 0.29) is 11.4 Å². The van der Waals surface area contributed by atoms with Crippen LogP contribution in [0.5, 0.6) is 0 Å². The molecule has 1 amide bonds. The summed E-state index contributed by atoms with van der Waals surface area (Å²) < 4.78 is 0. The monoisotopic (exact) mass is 341 g/mol. The van der Waals surface area contributed by atoms with Gasteiger partial charge < -0.3 is 10.1 Å². The number of halogens is 1. The van der Waals surface area contributed by atoms with Crippen molar-refractivity contribution in [1.29, 1.82) is 0 Å². The van der Waals surface area contributed by atoms with E-state index in [9.17, 15) is 9.59 Å². The Morgan fingerprint density at radius 3 is 2.67 bits per heavy atom. The van der Waals surface area contributed by atoms with E-state index in [0.29, 0.717) is 27.4 Å². The molecule has 7 heteroatoms. The summed E-state index contributed by atoms with van der Waals surface area (Å²) in [6, 6.07) is 13.6. The fraction of sp³-hybridized carbons (Fsp3) is 0. The molecule has 3 rings (SSSR count). The number of aromatic nitrogens is 2. The van der Waals surface area contributed by atoms with Crippen molar-refractivity contribution >= 4 is 23.5 Å². The second-order valence-electron chi connectivity index (χ2n) is 4.99. The lowest BCUT2D eigenvalue weighted by molar-refractivity contribution is 0.209. The lowest BCUT2D eigenvalue weighted by atomic mass is 10.0. The fourth-order valence-electron chi connectivity index (χ4n) is 2.32. The third-order valence-corrected chi connectivity index (χ3v) is 3.67. The van der Waals surface area contributed by atoms with Gasteiger partial charge in [0.1, 0.15) is 5.82 Å². The van der Waals surface area contributed by atoms with Gasteiger partial charge in [-0.25, -0.2) is 9.78 Å². The quantitative estimate of drug-likeness (QED) is 0.674. The number of carboxylic acid groups (broad SMARTS) is 1. The number of H-pyrrole nitrogens is 1. The fourth-order valence-corrected chi connectivity index (χ4v) is 2.56. The maximum absolute atomic E-state index is 12.0. The van der Waals surface area contributed by atoms with Gasteiger partial charge in [-0.3, -0.25) is 10.1 Å². The first-order valence-corrected chi connectivity index (χ1v) is 7.36. The Morgan fingerprint density at radius 2 is 1.92 bits per heavy atom. The van der Waals surface area contributed by atoms with Crippen LogP contribution >= 0.6 is 11.6 Å². The van der Waals surface area contributed by atoms with Gasteiger partial charge in [0.2, 0.25) is 5.56 Å². The normalized spacial score (nSPS) is 10.4. The van der Waals surface area contributed by atoms with Crippen molar-refractivity contribution in [3.8, 4) is 22.4 Å². The Labute approximate surface area is 141 Å². The van der Waals surface area contributed by atoms with Crippen molar-refractivity contribution in [2.45, 2.75) is 0 Å². The van der Waals surface area contributed by atoms with Crippen molar-refractivity contribution < 1.29 is 9.90 Å². The molecule has 6 nitrogen and oxygen atoms in total. The van der Waals surface area contributed by atoms with Crippen LogP contribution < -0.4 is 10.9 Å². The highest BCUT2D eigenvalue weighted by molar-refractivity contribution is 6.33. The number of amides is 1. The number of benzene rings is 1. The van der Waals surface area contributed by atoms with Crippen molar-refractivity contribution in [2.75, 3.05) is 5.32 Å². The summed E-state index contributed by atoms with van der Waals surface area (Å²) in [5.41, 5.74) is 2.29. The minimum absolute atomic E-state index is 0.180. The lowest BCUT2D eigenvalue weighted by Crippen LogP contribution is -2.09. The first kappa shape index (κ1) is 15.8. The summed E-state index contributed by atoms with van der Waals surface area (Å²) in [7, 11) is 0. The molecule has 0 aliphatic rings. The molecule has 24 heavy (non-hydrogen) atoms. The molecule has 0 aliphatic heterocycles. The summed E-state index contributed by atoms with van der Waals surface area (Å²) in [6.07, 6.45) is 0.263. The van der Waals surface area contributed by atoms with E-state index < -0.39 is 6.09 Å². The Kier molecular flexibility index (Phi) is 4.31. The van der Waals surface area contributed by atoms with Crippen LogP contribution in [-0.4, -0.2) is 21.2 Å². The number of carbonyl (C=O) groups is 1. The number of rotatable bonds is 3. The van der Waals surface area contributed by atoms with Crippen LogP contribution in [0.25, 0.3) is 22.4 Å². The van der Waals surface area contributed by atoms with E-state index in [0.717, 1.165) is 0 Å². The summed E-state index contributed by atoms with van der Waals surface area (Å²) in [4.78, 5) is 29.4. The number of nitrogens with zero attached hydrogens (tertiary/aromatic N) is 1. The molecule has 0 radical (unpaired) electrons. The maximum Gasteiger partial charge on any atom is 0.410 e. The molecule has 3 aromatic rings. The third kappa shape index (κ3) is 3.44. The zero-order valence-electron chi connectivity index (χ0n) is 12.3. The molecule has 0 fully saturated rings. The number of aromatic amines is 1. The SMILES string of the molecule is O=C(O)Nc1cc(-c2cc(-c3ccccc3Cl)[nH]c(=O)c2)ccn1. The van der Waals surface area contributed by atoms with Gasteiger partial charge in [-0.15, -0.1) is 0 Å². The van der Waals surface area contributed by atoms with E-state index in [1.54, 1.807) is 36.4 Å². The largest absolute Gasteiger partial charge is 0.465 e. The van der Waals surface area contributed by atoms with Crippen LogP contribution in [0.4, 0.5) is 10.6 Å². The van der Waals surface area contributed by atoms with Gasteiger partial charge in [-0.1, -0.05) is 29.8 Å². The second kappa shape index (κ2) is 6.55. The molecule has 0 bridgehead atoms. The Balaban J connectivity index is 2.08. The van der Waals surface area contributed by atoms with Crippen LogP contribution in [0, 0.1) is 0 Å². The maximum atomic E-state index is 12.0. The zero-order valence-corrected chi connectivity index (χ0v) is 13.0. The zero-order chi connectivity index (χ0) is 17.1. The molecule has 1 aromatic carbocycles. The highest BCUT2D eigenvalue weighted by Gasteiger charge is 2.08. The van der Waals surface area contributed by atoms with Gasteiger partial charge in [-0.2, -0.15) is 0 Å². The Morgan fingerprint density at radius 1 is 1.12 bits per heavy atom. The van der Waals surface area contributed by atoms with Gasteiger partial charge >= 0.3 is 6.09 Å². The smallest absolute Gasteiger partial charge is 0.410 e. The molecule has 0 spiro atoms. The lowest BCUT2D eigenvalue weighted by Gasteiger charge is -2.08. The topological polar surface area (TPSA) is 95.1 Å². The van der Waals surface area contributed by atoms with E-state index in [2.05, 4.69) is 15.3 Å². The Hall–Kier alpha value is -3.12. The highest BCUT2D eigenvalue weighted by Crippen LogP contribution is 2.28. The average molecular weight is 342 g/mol. The van der Waals surface area contributed by atoms with Gasteiger partial charge in [0.15, 0.2) is 0 Å². The number of hydrogen-bond acceptors (Lipinski definition) is 3. The minimum Gasteiger partial charge on any atom is -0.465 e. The summed E-state index contributed by atoms with van der Waals surface area (Å²) in [5, 5.41) is 11.5. The molecule has 0 saturated carbocycles. The van der Waals surface area contributed by atoms with Gasteiger partial charge in [0.05, 0.1) is 5.69 Å². The molecular formula is C17H12ClN3O3. The summed E-state index contributed by atoms with van der Waals surface area (Å²) >= 11 is 6.18. The molecule has 2 heterocycles. The van der Waals surface area contributed by atoms with E-state index in [1.165, 1.54) is 12.3 Å². The first-order valence-electron chi connectivity index (χ1n) is 6.98. The van der Waals surface area contributed by atoms with Crippen LogP contribution in [0.2, 0.25) is 5.02 Å². The van der Waals surface area contributed by atoms with Gasteiger partial charge in [0.25, 0.3) is 0 Å². The number of hydrogen-bond donors (Lipinski definition) is 3. The molecule has 0 unspecified atom stereocenters.